The molecule has 3 aromatic rings. The van der Waals surface area contributed by atoms with Crippen LogP contribution in [-0.2, 0) is 4.74 Å². The van der Waals surface area contributed by atoms with E-state index in [1.54, 1.807) is 17.1 Å². The molecule has 1 atom stereocenters. The number of aromatic amines is 1. The summed E-state index contributed by atoms with van der Waals surface area (Å²) in [6.45, 7) is 4.24. The molecule has 0 unspecified atom stereocenters. The number of aliphatic hydroxyl groups is 1. The fourth-order valence-corrected chi connectivity index (χ4v) is 4.29. The van der Waals surface area contributed by atoms with Crippen LogP contribution in [0.1, 0.15) is 44.6 Å². The van der Waals surface area contributed by atoms with Crippen LogP contribution in [0.25, 0.3) is 16.9 Å². The first-order valence-corrected chi connectivity index (χ1v) is 10.6. The van der Waals surface area contributed by atoms with Crippen LogP contribution in [0.2, 0.25) is 0 Å². The average Bonchev–Trinajstić information content (AvgIpc) is 3.42. The van der Waals surface area contributed by atoms with E-state index in [1.165, 1.54) is 6.42 Å². The number of H-pyrrole nitrogens is 1. The van der Waals surface area contributed by atoms with Gasteiger partial charge in [0.25, 0.3) is 0 Å². The van der Waals surface area contributed by atoms with Gasteiger partial charge in [-0.2, -0.15) is 14.9 Å². The van der Waals surface area contributed by atoms with E-state index in [2.05, 4.69) is 39.0 Å². The molecule has 0 radical (unpaired) electrons. The molecule has 0 aromatic carbocycles. The van der Waals surface area contributed by atoms with Crippen LogP contribution in [0, 0.1) is 11.8 Å². The van der Waals surface area contributed by atoms with Crippen molar-refractivity contribution in [3.05, 3.63) is 30.1 Å². The molecule has 156 valence electrons. The lowest BCUT2D eigenvalue weighted by molar-refractivity contribution is 0.0610. The quantitative estimate of drug-likeness (QED) is 0.635. The van der Waals surface area contributed by atoms with E-state index in [9.17, 15) is 5.11 Å². The Morgan fingerprint density at radius 1 is 1.27 bits per heavy atom. The molecule has 2 N–H and O–H groups in total. The van der Waals surface area contributed by atoms with Gasteiger partial charge in [0.15, 0.2) is 11.5 Å². The maximum absolute atomic E-state index is 10.9. The van der Waals surface area contributed by atoms with E-state index in [0.717, 1.165) is 49.0 Å². The number of aromatic nitrogens is 5. The number of nitrogens with one attached hydrogen (secondary N) is 1. The first-order valence-electron chi connectivity index (χ1n) is 10.6. The number of ether oxygens (including phenoxy) is 1. The number of morpholine rings is 1. The van der Waals surface area contributed by atoms with Crippen molar-refractivity contribution in [1.29, 1.82) is 0 Å². The maximum atomic E-state index is 10.9. The van der Waals surface area contributed by atoms with Gasteiger partial charge in [-0.1, -0.05) is 18.3 Å². The second-order valence-corrected chi connectivity index (χ2v) is 8.21. The monoisotopic (exact) mass is 406 g/mol. The van der Waals surface area contributed by atoms with E-state index < -0.39 is 5.60 Å². The van der Waals surface area contributed by atoms with Gasteiger partial charge >= 0.3 is 0 Å². The summed E-state index contributed by atoms with van der Waals surface area (Å²) in [4.78, 5) is 7.17. The van der Waals surface area contributed by atoms with E-state index in [-0.39, 0.29) is 6.04 Å². The molecule has 1 aliphatic heterocycles. The molecule has 8 heteroatoms. The highest BCUT2D eigenvalue weighted by molar-refractivity contribution is 5.85. The van der Waals surface area contributed by atoms with Crippen LogP contribution in [0.3, 0.4) is 0 Å². The number of rotatable bonds is 2. The number of hydrogen-bond acceptors (Lipinski definition) is 6. The standard InChI is InChI=1S/C22H26N6O2/c1-16-15-30-12-11-27(16)20-13-17(5-9-22(29)7-3-2-4-8-22)18-14-24-28(21(18)25-20)19-6-10-23-26-19/h6,10,13-14,16,29H,2-4,7-8,11-12,15H2,1H3,(H,23,26)/t16-/m1/s1. The van der Waals surface area contributed by atoms with Gasteiger partial charge < -0.3 is 14.7 Å². The molecule has 1 saturated carbocycles. The van der Waals surface area contributed by atoms with Gasteiger partial charge in [0.05, 0.1) is 30.8 Å². The van der Waals surface area contributed by atoms with Crippen LogP contribution in [0.4, 0.5) is 5.82 Å². The third kappa shape index (κ3) is 3.55. The van der Waals surface area contributed by atoms with Crippen LogP contribution >= 0.6 is 0 Å². The Balaban J connectivity index is 1.63. The highest BCUT2D eigenvalue weighted by Gasteiger charge is 2.27. The number of anilines is 1. The molecule has 0 bridgehead atoms. The summed E-state index contributed by atoms with van der Waals surface area (Å²) in [5, 5.41) is 23.3. The molecule has 30 heavy (non-hydrogen) atoms. The van der Waals surface area contributed by atoms with Crippen LogP contribution in [-0.4, -0.2) is 61.5 Å². The van der Waals surface area contributed by atoms with Gasteiger partial charge in [0.2, 0.25) is 0 Å². The van der Waals surface area contributed by atoms with E-state index in [0.29, 0.717) is 24.7 Å². The summed E-state index contributed by atoms with van der Waals surface area (Å²) in [5.74, 6) is 7.96. The van der Waals surface area contributed by atoms with Crippen LogP contribution in [0.15, 0.2) is 24.5 Å². The lowest BCUT2D eigenvalue weighted by Crippen LogP contribution is -2.44. The molecule has 1 saturated heterocycles. The topological polar surface area (TPSA) is 92.1 Å². The largest absolute Gasteiger partial charge is 0.378 e. The van der Waals surface area contributed by atoms with Crippen molar-refractivity contribution in [1.82, 2.24) is 25.0 Å². The first kappa shape index (κ1) is 19.1. The summed E-state index contributed by atoms with van der Waals surface area (Å²) >= 11 is 0. The molecular weight excluding hydrogens is 380 g/mol. The van der Waals surface area contributed by atoms with E-state index >= 15 is 0 Å². The Morgan fingerprint density at radius 3 is 2.90 bits per heavy atom. The highest BCUT2D eigenvalue weighted by Crippen LogP contribution is 2.29. The van der Waals surface area contributed by atoms with Gasteiger partial charge in [-0.3, -0.25) is 5.10 Å². The summed E-state index contributed by atoms with van der Waals surface area (Å²) in [5.41, 5.74) is 0.631. The van der Waals surface area contributed by atoms with Crippen molar-refractivity contribution in [2.75, 3.05) is 24.7 Å². The van der Waals surface area contributed by atoms with Gasteiger partial charge in [0, 0.05) is 24.4 Å². The normalized spacial score (nSPS) is 21.4. The highest BCUT2D eigenvalue weighted by atomic mass is 16.5. The van der Waals surface area contributed by atoms with Crippen molar-refractivity contribution in [2.24, 2.45) is 0 Å². The Labute approximate surface area is 175 Å². The summed E-state index contributed by atoms with van der Waals surface area (Å²) in [6, 6.07) is 4.09. The van der Waals surface area contributed by atoms with Gasteiger partial charge in [-0.05, 0) is 38.7 Å². The Bertz CT molecular complexity index is 1090. The maximum Gasteiger partial charge on any atom is 0.177 e. The molecule has 2 fully saturated rings. The van der Waals surface area contributed by atoms with Gasteiger partial charge in [-0.15, -0.1) is 0 Å². The van der Waals surface area contributed by atoms with Crippen molar-refractivity contribution < 1.29 is 9.84 Å². The molecule has 1 aliphatic carbocycles. The zero-order valence-corrected chi connectivity index (χ0v) is 17.1. The van der Waals surface area contributed by atoms with Gasteiger partial charge in [0.1, 0.15) is 11.4 Å². The molecular formula is C22H26N6O2. The smallest absolute Gasteiger partial charge is 0.177 e. The van der Waals surface area contributed by atoms with Crippen LogP contribution in [0.5, 0.6) is 0 Å². The Kier molecular flexibility index (Phi) is 4.93. The third-order valence-electron chi connectivity index (χ3n) is 6.00. The summed E-state index contributed by atoms with van der Waals surface area (Å²) in [7, 11) is 0. The predicted octanol–water partition coefficient (Wildman–Crippen LogP) is 2.42. The fraction of sp³-hybridized carbons (Fsp3) is 0.500. The number of fused-ring (bicyclic) bond motifs is 1. The van der Waals surface area contributed by atoms with E-state index in [4.69, 9.17) is 9.72 Å². The predicted molar refractivity (Wildman–Crippen MR) is 114 cm³/mol. The summed E-state index contributed by atoms with van der Waals surface area (Å²) in [6.07, 6.45) is 8.20. The zero-order chi connectivity index (χ0) is 20.6. The second-order valence-electron chi connectivity index (χ2n) is 8.21. The molecule has 0 amide bonds. The Hall–Kier alpha value is -2.89. The first-order chi connectivity index (χ1) is 14.6. The summed E-state index contributed by atoms with van der Waals surface area (Å²) < 4.78 is 7.32. The molecule has 5 rings (SSSR count). The minimum absolute atomic E-state index is 0.216. The zero-order valence-electron chi connectivity index (χ0n) is 17.1. The average molecular weight is 406 g/mol. The number of hydrogen-bond donors (Lipinski definition) is 2. The Morgan fingerprint density at radius 2 is 2.13 bits per heavy atom. The third-order valence-corrected chi connectivity index (χ3v) is 6.00. The number of nitrogens with zero attached hydrogens (tertiary/aromatic N) is 5. The minimum Gasteiger partial charge on any atom is -0.378 e. The van der Waals surface area contributed by atoms with Crippen molar-refractivity contribution >= 4 is 16.9 Å². The second kappa shape index (κ2) is 7.74. The van der Waals surface area contributed by atoms with Crippen LogP contribution < -0.4 is 4.90 Å². The molecule has 3 aromatic heterocycles. The number of pyridine rings is 1. The lowest BCUT2D eigenvalue weighted by Gasteiger charge is -2.34. The minimum atomic E-state index is -0.904. The molecule has 0 spiro atoms. The van der Waals surface area contributed by atoms with Crippen molar-refractivity contribution in [3.63, 3.8) is 0 Å². The van der Waals surface area contributed by atoms with E-state index in [1.807, 2.05) is 12.1 Å². The SMILES string of the molecule is C[C@@H]1COCCN1c1cc(C#CC2(O)CCCCC2)c2cnn(-c3cc[nH]n3)c2n1. The lowest BCUT2D eigenvalue weighted by atomic mass is 9.85. The molecule has 4 heterocycles. The fourth-order valence-electron chi connectivity index (χ4n) is 4.29. The van der Waals surface area contributed by atoms with Gasteiger partial charge in [-0.25, -0.2) is 4.98 Å². The molecule has 2 aliphatic rings. The molecule has 8 nitrogen and oxygen atoms in total. The van der Waals surface area contributed by atoms with Crippen molar-refractivity contribution in [3.8, 4) is 17.7 Å². The van der Waals surface area contributed by atoms with Crippen molar-refractivity contribution in [2.45, 2.75) is 50.7 Å².